The van der Waals surface area contributed by atoms with Gasteiger partial charge in [0.05, 0.1) is 6.61 Å². The predicted molar refractivity (Wildman–Crippen MR) is 39.4 cm³/mol. The van der Waals surface area contributed by atoms with E-state index in [0.29, 0.717) is 13.0 Å². The average Bonchev–Trinajstić information content (AvgIpc) is 1.89. The number of nitrogens with two attached hydrogens (primary N) is 1. The average molecular weight is 143 g/mol. The SMILES string of the molecule is C=CCOC(CC)C(N)=O. The van der Waals surface area contributed by atoms with E-state index in [1.807, 2.05) is 6.92 Å². The lowest BCUT2D eigenvalue weighted by Gasteiger charge is -2.09. The van der Waals surface area contributed by atoms with Crippen LogP contribution in [-0.2, 0) is 9.53 Å². The van der Waals surface area contributed by atoms with Gasteiger partial charge in [-0.25, -0.2) is 0 Å². The molecule has 0 radical (unpaired) electrons. The summed E-state index contributed by atoms with van der Waals surface area (Å²) < 4.78 is 5.01. The Kier molecular flexibility index (Phi) is 4.58. The first-order valence-electron chi connectivity index (χ1n) is 3.24. The van der Waals surface area contributed by atoms with Crippen molar-refractivity contribution >= 4 is 5.91 Å². The first-order chi connectivity index (χ1) is 4.72. The van der Waals surface area contributed by atoms with E-state index in [9.17, 15) is 4.79 Å². The van der Waals surface area contributed by atoms with Crippen molar-refractivity contribution in [1.29, 1.82) is 0 Å². The Hall–Kier alpha value is -0.830. The van der Waals surface area contributed by atoms with Gasteiger partial charge in [0.1, 0.15) is 6.10 Å². The van der Waals surface area contributed by atoms with Gasteiger partial charge in [-0.1, -0.05) is 13.0 Å². The Bertz CT molecular complexity index is 123. The minimum atomic E-state index is -0.460. The van der Waals surface area contributed by atoms with E-state index < -0.39 is 12.0 Å². The van der Waals surface area contributed by atoms with Gasteiger partial charge in [-0.2, -0.15) is 0 Å². The molecule has 0 saturated carbocycles. The lowest BCUT2D eigenvalue weighted by atomic mass is 10.3. The van der Waals surface area contributed by atoms with Crippen LogP contribution in [0.25, 0.3) is 0 Å². The smallest absolute Gasteiger partial charge is 0.246 e. The standard InChI is InChI=1S/C7H13NO2/c1-3-5-10-6(4-2)7(8)9/h3,6H,1,4-5H2,2H3,(H2,8,9). The molecule has 0 aromatic heterocycles. The van der Waals surface area contributed by atoms with Crippen LogP contribution in [0.1, 0.15) is 13.3 Å². The number of carbonyl (C=O) groups excluding carboxylic acids is 1. The largest absolute Gasteiger partial charge is 0.367 e. The Balaban J connectivity index is 3.60. The minimum absolute atomic E-state index is 0.376. The highest BCUT2D eigenvalue weighted by Crippen LogP contribution is 1.95. The number of rotatable bonds is 5. The Morgan fingerprint density at radius 2 is 2.50 bits per heavy atom. The molecule has 0 fully saturated rings. The van der Waals surface area contributed by atoms with Crippen LogP contribution >= 0.6 is 0 Å². The van der Waals surface area contributed by atoms with Crippen molar-refractivity contribution in [2.24, 2.45) is 5.73 Å². The highest BCUT2D eigenvalue weighted by Gasteiger charge is 2.10. The molecule has 1 atom stereocenters. The van der Waals surface area contributed by atoms with Gasteiger partial charge in [-0.15, -0.1) is 6.58 Å². The summed E-state index contributed by atoms with van der Waals surface area (Å²) in [5, 5.41) is 0. The van der Waals surface area contributed by atoms with Crippen LogP contribution in [0.2, 0.25) is 0 Å². The fourth-order valence-electron chi connectivity index (χ4n) is 0.585. The highest BCUT2D eigenvalue weighted by atomic mass is 16.5. The zero-order chi connectivity index (χ0) is 7.98. The van der Waals surface area contributed by atoms with Crippen molar-refractivity contribution < 1.29 is 9.53 Å². The van der Waals surface area contributed by atoms with E-state index in [-0.39, 0.29) is 0 Å². The summed E-state index contributed by atoms with van der Waals surface area (Å²) in [6, 6.07) is 0. The maximum absolute atomic E-state index is 10.5. The van der Waals surface area contributed by atoms with Crippen molar-refractivity contribution in [3.8, 4) is 0 Å². The molecule has 0 saturated heterocycles. The molecular weight excluding hydrogens is 130 g/mol. The number of primary amides is 1. The summed E-state index contributed by atoms with van der Waals surface area (Å²) in [6.07, 6.45) is 1.74. The van der Waals surface area contributed by atoms with E-state index in [4.69, 9.17) is 10.5 Å². The lowest BCUT2D eigenvalue weighted by Crippen LogP contribution is -2.30. The zero-order valence-corrected chi connectivity index (χ0v) is 6.17. The van der Waals surface area contributed by atoms with Crippen LogP contribution in [-0.4, -0.2) is 18.6 Å². The molecule has 0 rings (SSSR count). The van der Waals surface area contributed by atoms with Gasteiger partial charge >= 0.3 is 0 Å². The van der Waals surface area contributed by atoms with E-state index in [2.05, 4.69) is 6.58 Å². The van der Waals surface area contributed by atoms with Crippen molar-refractivity contribution in [3.05, 3.63) is 12.7 Å². The van der Waals surface area contributed by atoms with Gasteiger partial charge in [0.15, 0.2) is 0 Å². The van der Waals surface area contributed by atoms with Crippen LogP contribution in [0.15, 0.2) is 12.7 Å². The molecule has 0 spiro atoms. The van der Waals surface area contributed by atoms with Gasteiger partial charge < -0.3 is 10.5 Å². The maximum Gasteiger partial charge on any atom is 0.246 e. The van der Waals surface area contributed by atoms with Gasteiger partial charge in [0, 0.05) is 0 Å². The lowest BCUT2D eigenvalue weighted by molar-refractivity contribution is -0.128. The second kappa shape index (κ2) is 4.99. The molecule has 0 aliphatic rings. The number of hydrogen-bond donors (Lipinski definition) is 1. The Morgan fingerprint density at radius 1 is 1.90 bits per heavy atom. The second-order valence-electron chi connectivity index (χ2n) is 1.92. The summed E-state index contributed by atoms with van der Waals surface area (Å²) >= 11 is 0. The first kappa shape index (κ1) is 9.17. The van der Waals surface area contributed by atoms with Crippen molar-refractivity contribution in [1.82, 2.24) is 0 Å². The number of carbonyl (C=O) groups is 1. The van der Waals surface area contributed by atoms with Gasteiger partial charge in [0.25, 0.3) is 0 Å². The number of ether oxygens (including phenoxy) is 1. The van der Waals surface area contributed by atoms with Gasteiger partial charge in [0.2, 0.25) is 5.91 Å². The maximum atomic E-state index is 10.5. The quantitative estimate of drug-likeness (QED) is 0.568. The molecule has 2 N–H and O–H groups in total. The van der Waals surface area contributed by atoms with Crippen molar-refractivity contribution in [2.45, 2.75) is 19.4 Å². The third-order valence-electron chi connectivity index (χ3n) is 1.10. The van der Waals surface area contributed by atoms with Gasteiger partial charge in [-0.3, -0.25) is 4.79 Å². The molecule has 0 aliphatic heterocycles. The topological polar surface area (TPSA) is 52.3 Å². The summed E-state index contributed by atoms with van der Waals surface area (Å²) in [4.78, 5) is 10.5. The Labute approximate surface area is 60.9 Å². The van der Waals surface area contributed by atoms with Crippen LogP contribution in [0.3, 0.4) is 0 Å². The molecule has 0 aliphatic carbocycles. The monoisotopic (exact) mass is 143 g/mol. The fourth-order valence-corrected chi connectivity index (χ4v) is 0.585. The predicted octanol–water partition coefficient (Wildman–Crippen LogP) is 0.453. The molecular formula is C7H13NO2. The molecule has 58 valence electrons. The van der Waals surface area contributed by atoms with Crippen LogP contribution < -0.4 is 5.73 Å². The third kappa shape index (κ3) is 3.25. The molecule has 1 amide bonds. The molecule has 3 heteroatoms. The molecule has 0 bridgehead atoms. The van der Waals surface area contributed by atoms with Gasteiger partial charge in [-0.05, 0) is 6.42 Å². The minimum Gasteiger partial charge on any atom is -0.367 e. The summed E-state index contributed by atoms with van der Waals surface area (Å²) in [5.41, 5.74) is 4.99. The summed E-state index contributed by atoms with van der Waals surface area (Å²) in [6.45, 7) is 5.67. The normalized spacial score (nSPS) is 12.5. The number of amides is 1. The van der Waals surface area contributed by atoms with E-state index in [0.717, 1.165) is 0 Å². The van der Waals surface area contributed by atoms with Crippen LogP contribution in [0, 0.1) is 0 Å². The van der Waals surface area contributed by atoms with Crippen LogP contribution in [0.4, 0.5) is 0 Å². The highest BCUT2D eigenvalue weighted by molar-refractivity contribution is 5.78. The molecule has 1 unspecified atom stereocenters. The van der Waals surface area contributed by atoms with Crippen molar-refractivity contribution in [2.75, 3.05) is 6.61 Å². The molecule has 10 heavy (non-hydrogen) atoms. The molecule has 0 aromatic rings. The van der Waals surface area contributed by atoms with Crippen LogP contribution in [0.5, 0.6) is 0 Å². The van der Waals surface area contributed by atoms with E-state index in [1.165, 1.54) is 0 Å². The summed E-state index contributed by atoms with van der Waals surface area (Å²) in [7, 11) is 0. The molecule has 0 aromatic carbocycles. The number of hydrogen-bond acceptors (Lipinski definition) is 2. The fraction of sp³-hybridized carbons (Fsp3) is 0.571. The molecule has 3 nitrogen and oxygen atoms in total. The van der Waals surface area contributed by atoms with Crippen molar-refractivity contribution in [3.63, 3.8) is 0 Å². The summed E-state index contributed by atoms with van der Waals surface area (Å²) in [5.74, 6) is -0.413. The van der Waals surface area contributed by atoms with E-state index >= 15 is 0 Å². The zero-order valence-electron chi connectivity index (χ0n) is 6.17. The first-order valence-corrected chi connectivity index (χ1v) is 3.24. The molecule has 0 heterocycles. The van der Waals surface area contributed by atoms with E-state index in [1.54, 1.807) is 6.08 Å². The Morgan fingerprint density at radius 3 is 2.80 bits per heavy atom. The third-order valence-corrected chi connectivity index (χ3v) is 1.10. The second-order valence-corrected chi connectivity index (χ2v) is 1.92.